The minimum absolute atomic E-state index is 0.235. The van der Waals surface area contributed by atoms with Crippen LogP contribution in [0.1, 0.15) is 19.8 Å². The van der Waals surface area contributed by atoms with E-state index in [1.54, 1.807) is 18.5 Å². The predicted octanol–water partition coefficient (Wildman–Crippen LogP) is 2.69. The maximum atomic E-state index is 13.5. The summed E-state index contributed by atoms with van der Waals surface area (Å²) in [4.78, 5) is 13.4. The Morgan fingerprint density at radius 2 is 2.05 bits per heavy atom. The number of aromatic nitrogens is 2. The quantitative estimate of drug-likeness (QED) is 0.869. The zero-order chi connectivity index (χ0) is 14.7. The summed E-state index contributed by atoms with van der Waals surface area (Å²) in [5.74, 6) is 0.624. The highest BCUT2D eigenvalue weighted by Gasteiger charge is 2.17. The lowest BCUT2D eigenvalue weighted by Crippen LogP contribution is -2.31. The molecule has 2 aromatic rings. The molecule has 1 aliphatic heterocycles. The second-order valence-electron chi connectivity index (χ2n) is 5.54. The van der Waals surface area contributed by atoms with Gasteiger partial charge in [0.1, 0.15) is 18.0 Å². The fourth-order valence-corrected chi connectivity index (χ4v) is 2.99. The molecule has 2 heterocycles. The van der Waals surface area contributed by atoms with Crippen molar-refractivity contribution in [3.8, 4) is 0 Å². The summed E-state index contributed by atoms with van der Waals surface area (Å²) in [7, 11) is 0. The second kappa shape index (κ2) is 6.35. The van der Waals surface area contributed by atoms with E-state index in [1.807, 2.05) is 0 Å². The Hall–Kier alpha value is -1.75. The van der Waals surface area contributed by atoms with Crippen LogP contribution in [-0.4, -0.2) is 47.6 Å². The van der Waals surface area contributed by atoms with Crippen molar-refractivity contribution in [2.75, 3.05) is 37.6 Å². The van der Waals surface area contributed by atoms with Gasteiger partial charge in [0.15, 0.2) is 0 Å². The van der Waals surface area contributed by atoms with Crippen LogP contribution in [0.3, 0.4) is 0 Å². The van der Waals surface area contributed by atoms with Gasteiger partial charge in [0.2, 0.25) is 0 Å². The second-order valence-corrected chi connectivity index (χ2v) is 5.54. The molecular weight excluding hydrogens is 267 g/mol. The van der Waals surface area contributed by atoms with Crippen molar-refractivity contribution >= 4 is 16.7 Å². The SMILES string of the molecule is CCCN1CCCN(c2ncnc3ccc(F)cc23)CC1. The van der Waals surface area contributed by atoms with Crippen LogP contribution in [0.4, 0.5) is 10.2 Å². The van der Waals surface area contributed by atoms with Crippen LogP contribution in [0.15, 0.2) is 24.5 Å². The van der Waals surface area contributed by atoms with Crippen molar-refractivity contribution in [1.29, 1.82) is 0 Å². The summed E-state index contributed by atoms with van der Waals surface area (Å²) < 4.78 is 13.5. The molecule has 1 aromatic carbocycles. The highest BCUT2D eigenvalue weighted by atomic mass is 19.1. The fourth-order valence-electron chi connectivity index (χ4n) is 2.99. The van der Waals surface area contributed by atoms with Crippen LogP contribution in [0.2, 0.25) is 0 Å². The van der Waals surface area contributed by atoms with E-state index in [4.69, 9.17) is 0 Å². The maximum Gasteiger partial charge on any atom is 0.140 e. The lowest BCUT2D eigenvalue weighted by atomic mass is 10.2. The minimum Gasteiger partial charge on any atom is -0.355 e. The van der Waals surface area contributed by atoms with Gasteiger partial charge in [-0.1, -0.05) is 6.92 Å². The number of hydrogen-bond acceptors (Lipinski definition) is 4. The maximum absolute atomic E-state index is 13.5. The number of benzene rings is 1. The topological polar surface area (TPSA) is 32.3 Å². The molecule has 1 aromatic heterocycles. The summed E-state index contributed by atoms with van der Waals surface area (Å²) >= 11 is 0. The molecule has 0 bridgehead atoms. The van der Waals surface area contributed by atoms with Crippen LogP contribution >= 0.6 is 0 Å². The Morgan fingerprint density at radius 1 is 1.14 bits per heavy atom. The van der Waals surface area contributed by atoms with E-state index in [1.165, 1.54) is 12.5 Å². The van der Waals surface area contributed by atoms with Gasteiger partial charge in [-0.3, -0.25) is 0 Å². The van der Waals surface area contributed by atoms with Crippen molar-refractivity contribution in [2.24, 2.45) is 0 Å². The summed E-state index contributed by atoms with van der Waals surface area (Å²) in [6, 6.07) is 4.71. The zero-order valence-corrected chi connectivity index (χ0v) is 12.4. The molecule has 0 aliphatic carbocycles. The molecule has 1 fully saturated rings. The van der Waals surface area contributed by atoms with Gasteiger partial charge < -0.3 is 9.80 Å². The Balaban J connectivity index is 1.88. The number of fused-ring (bicyclic) bond motifs is 1. The van der Waals surface area contributed by atoms with E-state index >= 15 is 0 Å². The van der Waals surface area contributed by atoms with Crippen molar-refractivity contribution in [2.45, 2.75) is 19.8 Å². The standard InChI is InChI=1S/C16H21FN4/c1-2-6-20-7-3-8-21(10-9-20)16-14-11-13(17)4-5-15(14)18-12-19-16/h4-5,11-12H,2-3,6-10H2,1H3. The third-order valence-electron chi connectivity index (χ3n) is 4.00. The number of halogens is 1. The molecule has 5 heteroatoms. The smallest absolute Gasteiger partial charge is 0.140 e. The third kappa shape index (κ3) is 3.13. The molecule has 0 saturated carbocycles. The van der Waals surface area contributed by atoms with Crippen LogP contribution in [0.5, 0.6) is 0 Å². The number of rotatable bonds is 3. The Bertz CT molecular complexity index is 616. The summed E-state index contributed by atoms with van der Waals surface area (Å²) in [6.07, 6.45) is 3.87. The predicted molar refractivity (Wildman–Crippen MR) is 83.1 cm³/mol. The monoisotopic (exact) mass is 288 g/mol. The Morgan fingerprint density at radius 3 is 2.90 bits per heavy atom. The van der Waals surface area contributed by atoms with Crippen molar-refractivity contribution in [3.63, 3.8) is 0 Å². The van der Waals surface area contributed by atoms with Gasteiger partial charge in [-0.05, 0) is 44.1 Å². The van der Waals surface area contributed by atoms with Crippen LogP contribution in [0.25, 0.3) is 10.9 Å². The third-order valence-corrected chi connectivity index (χ3v) is 4.00. The number of hydrogen-bond donors (Lipinski definition) is 0. The molecule has 0 atom stereocenters. The van der Waals surface area contributed by atoms with E-state index in [-0.39, 0.29) is 5.82 Å². The molecule has 0 N–H and O–H groups in total. The molecule has 0 amide bonds. The lowest BCUT2D eigenvalue weighted by molar-refractivity contribution is 0.294. The lowest BCUT2D eigenvalue weighted by Gasteiger charge is -2.23. The van der Waals surface area contributed by atoms with Gasteiger partial charge in [0, 0.05) is 25.0 Å². The molecule has 1 aliphatic rings. The average molecular weight is 288 g/mol. The van der Waals surface area contributed by atoms with Crippen LogP contribution in [0, 0.1) is 5.82 Å². The molecule has 21 heavy (non-hydrogen) atoms. The first-order chi connectivity index (χ1) is 10.3. The number of anilines is 1. The van der Waals surface area contributed by atoms with Crippen molar-refractivity contribution in [1.82, 2.24) is 14.9 Å². The molecule has 3 rings (SSSR count). The van der Waals surface area contributed by atoms with E-state index in [0.717, 1.165) is 55.9 Å². The highest BCUT2D eigenvalue weighted by Crippen LogP contribution is 2.24. The summed E-state index contributed by atoms with van der Waals surface area (Å²) in [5, 5.41) is 0.807. The molecule has 0 unspecified atom stereocenters. The Kier molecular flexibility index (Phi) is 4.29. The fraction of sp³-hybridized carbons (Fsp3) is 0.500. The Labute approximate surface area is 124 Å². The van der Waals surface area contributed by atoms with Crippen molar-refractivity contribution < 1.29 is 4.39 Å². The van der Waals surface area contributed by atoms with Gasteiger partial charge in [0.25, 0.3) is 0 Å². The van der Waals surface area contributed by atoms with E-state index in [0.29, 0.717) is 0 Å². The van der Waals surface area contributed by atoms with E-state index in [2.05, 4.69) is 26.7 Å². The largest absolute Gasteiger partial charge is 0.355 e. The first kappa shape index (κ1) is 14.2. The molecule has 0 spiro atoms. The summed E-state index contributed by atoms with van der Waals surface area (Å²) in [5.41, 5.74) is 0.802. The normalized spacial score (nSPS) is 17.1. The number of nitrogens with zero attached hydrogens (tertiary/aromatic N) is 4. The van der Waals surface area contributed by atoms with Gasteiger partial charge in [-0.25, -0.2) is 14.4 Å². The van der Waals surface area contributed by atoms with Crippen LogP contribution < -0.4 is 4.90 Å². The molecular formula is C16H21FN4. The molecule has 1 saturated heterocycles. The summed E-state index contributed by atoms with van der Waals surface area (Å²) in [6.45, 7) is 7.41. The van der Waals surface area contributed by atoms with Gasteiger partial charge >= 0.3 is 0 Å². The van der Waals surface area contributed by atoms with E-state index < -0.39 is 0 Å². The molecule has 112 valence electrons. The van der Waals surface area contributed by atoms with Gasteiger partial charge in [-0.15, -0.1) is 0 Å². The van der Waals surface area contributed by atoms with E-state index in [9.17, 15) is 4.39 Å². The van der Waals surface area contributed by atoms with Crippen molar-refractivity contribution in [3.05, 3.63) is 30.3 Å². The minimum atomic E-state index is -0.235. The molecule has 0 radical (unpaired) electrons. The van der Waals surface area contributed by atoms with Crippen LogP contribution in [-0.2, 0) is 0 Å². The molecule has 4 nitrogen and oxygen atoms in total. The highest BCUT2D eigenvalue weighted by molar-refractivity contribution is 5.89. The average Bonchev–Trinajstić information content (AvgIpc) is 2.73. The first-order valence-corrected chi connectivity index (χ1v) is 7.65. The van der Waals surface area contributed by atoms with Gasteiger partial charge in [0.05, 0.1) is 5.52 Å². The first-order valence-electron chi connectivity index (χ1n) is 7.65. The zero-order valence-electron chi connectivity index (χ0n) is 12.4. The van der Waals surface area contributed by atoms with Gasteiger partial charge in [-0.2, -0.15) is 0 Å².